The second-order valence-electron chi connectivity index (χ2n) is 8.10. The summed E-state index contributed by atoms with van der Waals surface area (Å²) >= 11 is 12.4. The summed E-state index contributed by atoms with van der Waals surface area (Å²) in [7, 11) is -4.54. The fourth-order valence-corrected chi connectivity index (χ4v) is 5.02. The van der Waals surface area contributed by atoms with Crippen molar-refractivity contribution in [1.82, 2.24) is 0 Å². The first kappa shape index (κ1) is 27.3. The SMILES string of the molecule is CCOc1cc(Cl)cc(NC(=O)c2cc3ccccc3c(N=Nc3c(Cl)ccc(S(=O)(=O)O)c3C)c2O)c1. The first-order valence-electron chi connectivity index (χ1n) is 11.2. The van der Waals surface area contributed by atoms with Gasteiger partial charge in [0.25, 0.3) is 16.0 Å². The Kier molecular flexibility index (Phi) is 7.89. The fraction of sp³-hybridized carbons (Fsp3) is 0.115. The van der Waals surface area contributed by atoms with E-state index in [1.807, 2.05) is 6.92 Å². The average molecular weight is 574 g/mol. The number of phenolic OH excluding ortho intramolecular Hbond substituents is 1. The Morgan fingerprint density at radius 3 is 2.45 bits per heavy atom. The number of carbonyl (C=O) groups is 1. The van der Waals surface area contributed by atoms with Gasteiger partial charge in [0.1, 0.15) is 17.1 Å². The number of carbonyl (C=O) groups excluding carboxylic acids is 1. The van der Waals surface area contributed by atoms with E-state index in [4.69, 9.17) is 27.9 Å². The number of halogens is 2. The third-order valence-electron chi connectivity index (χ3n) is 5.54. The predicted octanol–water partition coefficient (Wildman–Crippen LogP) is 7.47. The van der Waals surface area contributed by atoms with Crippen molar-refractivity contribution >= 4 is 67.1 Å². The molecule has 0 aromatic heterocycles. The van der Waals surface area contributed by atoms with Crippen LogP contribution < -0.4 is 10.1 Å². The third kappa shape index (κ3) is 5.73. The van der Waals surface area contributed by atoms with Gasteiger partial charge >= 0.3 is 0 Å². The highest BCUT2D eigenvalue weighted by Gasteiger charge is 2.21. The monoisotopic (exact) mass is 573 g/mol. The van der Waals surface area contributed by atoms with Gasteiger partial charge in [-0.2, -0.15) is 8.42 Å². The Hall–Kier alpha value is -3.70. The minimum Gasteiger partial charge on any atom is -0.505 e. The Bertz CT molecular complexity index is 1710. The van der Waals surface area contributed by atoms with Crippen molar-refractivity contribution in [2.45, 2.75) is 18.7 Å². The summed E-state index contributed by atoms with van der Waals surface area (Å²) in [5, 5.41) is 23.5. The molecule has 9 nitrogen and oxygen atoms in total. The van der Waals surface area contributed by atoms with Crippen molar-refractivity contribution < 1.29 is 27.6 Å². The van der Waals surface area contributed by atoms with Gasteiger partial charge in [0.05, 0.1) is 22.1 Å². The lowest BCUT2D eigenvalue weighted by molar-refractivity contribution is 0.102. The van der Waals surface area contributed by atoms with Gasteiger partial charge < -0.3 is 15.2 Å². The molecule has 0 saturated heterocycles. The number of amides is 1. The van der Waals surface area contributed by atoms with Crippen LogP contribution in [-0.4, -0.2) is 30.6 Å². The zero-order valence-corrected chi connectivity index (χ0v) is 22.4. The Morgan fingerprint density at radius 1 is 1.03 bits per heavy atom. The van der Waals surface area contributed by atoms with E-state index in [9.17, 15) is 22.9 Å². The van der Waals surface area contributed by atoms with E-state index in [1.54, 1.807) is 36.4 Å². The number of nitrogens with one attached hydrogen (secondary N) is 1. The molecule has 0 spiro atoms. The van der Waals surface area contributed by atoms with E-state index in [-0.39, 0.29) is 32.4 Å². The number of anilines is 1. The van der Waals surface area contributed by atoms with Crippen LogP contribution in [0.1, 0.15) is 22.8 Å². The number of phenols is 1. The number of fused-ring (bicyclic) bond motifs is 1. The van der Waals surface area contributed by atoms with Gasteiger partial charge in [-0.15, -0.1) is 10.2 Å². The number of rotatable bonds is 7. The van der Waals surface area contributed by atoms with Gasteiger partial charge in [-0.25, -0.2) is 0 Å². The topological polar surface area (TPSA) is 138 Å². The molecule has 0 atom stereocenters. The van der Waals surface area contributed by atoms with Crippen LogP contribution in [0, 0.1) is 6.92 Å². The van der Waals surface area contributed by atoms with Gasteiger partial charge in [0, 0.05) is 22.2 Å². The molecule has 0 fully saturated rings. The van der Waals surface area contributed by atoms with Gasteiger partial charge in [0.15, 0.2) is 5.75 Å². The summed E-state index contributed by atoms with van der Waals surface area (Å²) in [6, 6.07) is 15.5. The highest BCUT2D eigenvalue weighted by atomic mass is 35.5. The quantitative estimate of drug-likeness (QED) is 0.155. The Balaban J connectivity index is 1.80. The highest BCUT2D eigenvalue weighted by Crippen LogP contribution is 2.41. The highest BCUT2D eigenvalue weighted by molar-refractivity contribution is 7.85. The Labute approximate surface area is 228 Å². The van der Waals surface area contributed by atoms with E-state index < -0.39 is 21.8 Å². The molecule has 0 radical (unpaired) electrons. The van der Waals surface area contributed by atoms with Gasteiger partial charge in [-0.3, -0.25) is 9.35 Å². The summed E-state index contributed by atoms with van der Waals surface area (Å²) < 4.78 is 38.4. The standard InChI is InChI=1S/C26H21Cl2N3O6S/c1-3-37-18-12-16(27)11-17(13-18)29-26(33)20-10-15-6-4-5-7-19(15)24(25(20)32)31-30-23-14(2)22(38(34,35)36)9-8-21(23)28/h4-13,32H,3H2,1-2H3,(H,29,33)(H,34,35,36). The van der Waals surface area contributed by atoms with Crippen molar-refractivity contribution in [2.24, 2.45) is 10.2 Å². The molecule has 0 aliphatic heterocycles. The van der Waals surface area contributed by atoms with Crippen molar-refractivity contribution in [2.75, 3.05) is 11.9 Å². The van der Waals surface area contributed by atoms with Crippen LogP contribution in [0.25, 0.3) is 10.8 Å². The second kappa shape index (κ2) is 11.0. The van der Waals surface area contributed by atoms with E-state index in [1.165, 1.54) is 25.1 Å². The molecular formula is C26H21Cl2N3O6S. The molecule has 4 aromatic carbocycles. The fourth-order valence-electron chi connectivity index (χ4n) is 3.83. The van der Waals surface area contributed by atoms with Crippen molar-refractivity contribution in [3.05, 3.63) is 81.8 Å². The maximum atomic E-state index is 13.2. The van der Waals surface area contributed by atoms with Crippen LogP contribution in [0.2, 0.25) is 10.0 Å². The number of hydrogen-bond donors (Lipinski definition) is 3. The molecule has 0 saturated carbocycles. The average Bonchev–Trinajstić information content (AvgIpc) is 2.83. The Morgan fingerprint density at radius 2 is 1.74 bits per heavy atom. The number of benzene rings is 4. The molecule has 38 heavy (non-hydrogen) atoms. The molecule has 0 heterocycles. The molecule has 196 valence electrons. The predicted molar refractivity (Wildman–Crippen MR) is 146 cm³/mol. The van der Waals surface area contributed by atoms with Crippen molar-refractivity contribution in [1.29, 1.82) is 0 Å². The van der Waals surface area contributed by atoms with Crippen LogP contribution in [0.4, 0.5) is 17.1 Å². The molecule has 0 aliphatic carbocycles. The van der Waals surface area contributed by atoms with Gasteiger partial charge in [-0.1, -0.05) is 47.5 Å². The lowest BCUT2D eigenvalue weighted by atomic mass is 10.0. The summed E-state index contributed by atoms with van der Waals surface area (Å²) in [5.74, 6) is -0.638. The minimum absolute atomic E-state index is 0.0255. The summed E-state index contributed by atoms with van der Waals surface area (Å²) in [5.41, 5.74) is 0.258. The van der Waals surface area contributed by atoms with Gasteiger partial charge in [0.2, 0.25) is 0 Å². The van der Waals surface area contributed by atoms with E-state index in [2.05, 4.69) is 15.5 Å². The van der Waals surface area contributed by atoms with E-state index in [0.29, 0.717) is 33.8 Å². The molecule has 3 N–H and O–H groups in total. The lowest BCUT2D eigenvalue weighted by Gasteiger charge is -2.13. The molecule has 0 unspecified atom stereocenters. The summed E-state index contributed by atoms with van der Waals surface area (Å²) in [6.45, 7) is 3.63. The smallest absolute Gasteiger partial charge is 0.294 e. The normalized spacial score (nSPS) is 11.7. The number of aromatic hydroxyl groups is 1. The van der Waals surface area contributed by atoms with Crippen molar-refractivity contribution in [3.63, 3.8) is 0 Å². The first-order valence-corrected chi connectivity index (χ1v) is 13.4. The number of hydrogen-bond acceptors (Lipinski definition) is 7. The summed E-state index contributed by atoms with van der Waals surface area (Å²) in [4.78, 5) is 12.8. The molecular weight excluding hydrogens is 553 g/mol. The molecule has 4 aromatic rings. The maximum absolute atomic E-state index is 13.2. The number of azo groups is 1. The number of ether oxygens (including phenoxy) is 1. The molecule has 4 rings (SSSR count). The van der Waals surface area contributed by atoms with Crippen LogP contribution in [0.5, 0.6) is 11.5 Å². The summed E-state index contributed by atoms with van der Waals surface area (Å²) in [6.07, 6.45) is 0. The second-order valence-corrected chi connectivity index (χ2v) is 10.3. The van der Waals surface area contributed by atoms with Crippen LogP contribution in [0.15, 0.2) is 75.8 Å². The first-order chi connectivity index (χ1) is 18.0. The zero-order valence-electron chi connectivity index (χ0n) is 20.1. The largest absolute Gasteiger partial charge is 0.505 e. The minimum atomic E-state index is -4.54. The van der Waals surface area contributed by atoms with E-state index in [0.717, 1.165) is 6.07 Å². The number of nitrogens with zero attached hydrogens (tertiary/aromatic N) is 2. The van der Waals surface area contributed by atoms with Crippen molar-refractivity contribution in [3.8, 4) is 11.5 Å². The van der Waals surface area contributed by atoms with Crippen LogP contribution in [0.3, 0.4) is 0 Å². The van der Waals surface area contributed by atoms with Gasteiger partial charge in [-0.05, 0) is 55.1 Å². The van der Waals surface area contributed by atoms with Crippen LogP contribution >= 0.6 is 23.2 Å². The zero-order chi connectivity index (χ0) is 27.6. The molecule has 12 heteroatoms. The third-order valence-corrected chi connectivity index (χ3v) is 7.06. The maximum Gasteiger partial charge on any atom is 0.294 e. The van der Waals surface area contributed by atoms with E-state index >= 15 is 0 Å². The molecule has 1 amide bonds. The lowest BCUT2D eigenvalue weighted by Crippen LogP contribution is -2.12. The van der Waals surface area contributed by atoms with Crippen LogP contribution in [-0.2, 0) is 10.1 Å². The molecule has 0 bridgehead atoms. The molecule has 0 aliphatic rings.